The van der Waals surface area contributed by atoms with Gasteiger partial charge in [-0.15, -0.1) is 16.9 Å². The van der Waals surface area contributed by atoms with Crippen LogP contribution in [-0.4, -0.2) is 33.2 Å². The normalized spacial score (nSPS) is 12.1. The molecule has 2 aromatic carbocycles. The highest BCUT2D eigenvalue weighted by Gasteiger charge is 2.18. The van der Waals surface area contributed by atoms with Crippen molar-refractivity contribution in [1.29, 1.82) is 0 Å². The first-order valence-corrected chi connectivity index (χ1v) is 9.43. The van der Waals surface area contributed by atoms with Crippen LogP contribution in [0, 0.1) is 0 Å². The van der Waals surface area contributed by atoms with Gasteiger partial charge in [0.05, 0.1) is 5.39 Å². The van der Waals surface area contributed by atoms with Gasteiger partial charge in [-0.25, -0.2) is 0 Å². The number of thioether (sulfide) groups is 1. The molecule has 0 spiro atoms. The van der Waals surface area contributed by atoms with Crippen molar-refractivity contribution in [3.8, 4) is 0 Å². The maximum Gasteiger partial charge on any atom is 0.278 e. The van der Waals surface area contributed by atoms with Crippen molar-refractivity contribution in [2.45, 2.75) is 17.9 Å². The summed E-state index contributed by atoms with van der Waals surface area (Å²) in [5.74, 6) is 0.437. The Balaban J connectivity index is 1.58. The Morgan fingerprint density at radius 1 is 1.23 bits per heavy atom. The maximum atomic E-state index is 12.5. The number of carbonyl (C=O) groups excluding carboxylic acids is 1. The van der Waals surface area contributed by atoms with Crippen LogP contribution in [0.5, 0.6) is 0 Å². The summed E-state index contributed by atoms with van der Waals surface area (Å²) in [5, 5.41) is 11.9. The maximum absolute atomic E-state index is 12.5. The topological polar surface area (TPSA) is 76.9 Å². The summed E-state index contributed by atoms with van der Waals surface area (Å²) in [6, 6.07) is 13.7. The molecule has 1 amide bonds. The second kappa shape index (κ2) is 8.33. The van der Waals surface area contributed by atoms with Gasteiger partial charge in [-0.3, -0.25) is 9.59 Å². The predicted octanol–water partition coefficient (Wildman–Crippen LogP) is 2.91. The fourth-order valence-electron chi connectivity index (χ4n) is 2.39. The van der Waals surface area contributed by atoms with E-state index in [1.807, 2.05) is 24.3 Å². The standard InChI is InChI=1S/C18H17ClN4O2S/c1-12(23-18(25)15-4-2-3-5-16(15)21-22-23)17(24)20-10-11-26-14-8-6-13(19)7-9-14/h2-9,12H,10-11H2,1H3,(H,20,24). The van der Waals surface area contributed by atoms with Crippen molar-refractivity contribution in [3.05, 3.63) is 63.9 Å². The molecule has 1 N–H and O–H groups in total. The molecule has 1 unspecified atom stereocenters. The SMILES string of the molecule is CC(C(=O)NCCSc1ccc(Cl)cc1)n1nnc2ccccc2c1=O. The molecule has 0 aliphatic rings. The number of hydrogen-bond donors (Lipinski definition) is 1. The van der Waals surface area contributed by atoms with E-state index >= 15 is 0 Å². The van der Waals surface area contributed by atoms with E-state index in [1.54, 1.807) is 43.0 Å². The Kier molecular flexibility index (Phi) is 5.90. The first-order valence-electron chi connectivity index (χ1n) is 8.06. The number of aromatic nitrogens is 3. The van der Waals surface area contributed by atoms with Crippen LogP contribution in [0.15, 0.2) is 58.2 Å². The van der Waals surface area contributed by atoms with Gasteiger partial charge in [0.1, 0.15) is 11.6 Å². The molecular formula is C18H17ClN4O2S. The third kappa shape index (κ3) is 4.23. The summed E-state index contributed by atoms with van der Waals surface area (Å²) >= 11 is 7.47. The fourth-order valence-corrected chi connectivity index (χ4v) is 3.28. The Morgan fingerprint density at radius 3 is 2.73 bits per heavy atom. The number of nitrogens with zero attached hydrogens (tertiary/aromatic N) is 3. The minimum Gasteiger partial charge on any atom is -0.353 e. The van der Waals surface area contributed by atoms with E-state index in [9.17, 15) is 9.59 Å². The fraction of sp³-hybridized carbons (Fsp3) is 0.222. The molecule has 134 valence electrons. The van der Waals surface area contributed by atoms with E-state index in [4.69, 9.17) is 11.6 Å². The van der Waals surface area contributed by atoms with Gasteiger partial charge in [0.15, 0.2) is 0 Å². The molecule has 0 saturated heterocycles. The number of hydrogen-bond acceptors (Lipinski definition) is 5. The predicted molar refractivity (Wildman–Crippen MR) is 104 cm³/mol. The summed E-state index contributed by atoms with van der Waals surface area (Å²) < 4.78 is 1.12. The number of carbonyl (C=O) groups is 1. The Hall–Kier alpha value is -2.38. The number of nitrogens with one attached hydrogen (secondary N) is 1. The average Bonchev–Trinajstić information content (AvgIpc) is 2.66. The molecule has 0 aliphatic heterocycles. The average molecular weight is 389 g/mol. The van der Waals surface area contributed by atoms with E-state index in [-0.39, 0.29) is 11.5 Å². The van der Waals surface area contributed by atoms with Gasteiger partial charge in [0.2, 0.25) is 5.91 Å². The van der Waals surface area contributed by atoms with E-state index in [0.717, 1.165) is 9.58 Å². The molecule has 26 heavy (non-hydrogen) atoms. The van der Waals surface area contributed by atoms with Crippen molar-refractivity contribution in [1.82, 2.24) is 20.3 Å². The number of benzene rings is 2. The van der Waals surface area contributed by atoms with Crippen LogP contribution in [0.1, 0.15) is 13.0 Å². The molecule has 0 bridgehead atoms. The molecule has 0 fully saturated rings. The van der Waals surface area contributed by atoms with Crippen molar-refractivity contribution >= 4 is 40.2 Å². The summed E-state index contributed by atoms with van der Waals surface area (Å²) in [6.45, 7) is 2.11. The summed E-state index contributed by atoms with van der Waals surface area (Å²) in [5.41, 5.74) is 0.189. The molecule has 0 radical (unpaired) electrons. The molecule has 3 rings (SSSR count). The zero-order valence-corrected chi connectivity index (χ0v) is 15.6. The third-order valence-corrected chi connectivity index (χ3v) is 5.09. The van der Waals surface area contributed by atoms with Crippen LogP contribution in [0.3, 0.4) is 0 Å². The Bertz CT molecular complexity index is 975. The molecule has 1 atom stereocenters. The Morgan fingerprint density at radius 2 is 1.96 bits per heavy atom. The zero-order valence-electron chi connectivity index (χ0n) is 14.1. The Labute approximate surface area is 159 Å². The van der Waals surface area contributed by atoms with Gasteiger partial charge in [-0.2, -0.15) is 4.68 Å². The third-order valence-electron chi connectivity index (χ3n) is 3.82. The van der Waals surface area contributed by atoms with Crippen LogP contribution >= 0.6 is 23.4 Å². The monoisotopic (exact) mass is 388 g/mol. The number of fused-ring (bicyclic) bond motifs is 1. The second-order valence-corrected chi connectivity index (χ2v) is 7.23. The number of amides is 1. The lowest BCUT2D eigenvalue weighted by Crippen LogP contribution is -2.38. The molecule has 8 heteroatoms. The first-order chi connectivity index (χ1) is 12.6. The highest BCUT2D eigenvalue weighted by atomic mass is 35.5. The van der Waals surface area contributed by atoms with Gasteiger partial charge in [-0.1, -0.05) is 28.9 Å². The van der Waals surface area contributed by atoms with Crippen LogP contribution in [0.25, 0.3) is 10.9 Å². The van der Waals surface area contributed by atoms with Crippen LogP contribution < -0.4 is 10.9 Å². The lowest BCUT2D eigenvalue weighted by Gasteiger charge is -2.13. The van der Waals surface area contributed by atoms with E-state index in [1.165, 1.54) is 0 Å². The first kappa shape index (κ1) is 18.4. The lowest BCUT2D eigenvalue weighted by molar-refractivity contribution is -0.124. The van der Waals surface area contributed by atoms with Crippen molar-refractivity contribution < 1.29 is 4.79 Å². The molecular weight excluding hydrogens is 372 g/mol. The number of rotatable bonds is 6. The zero-order chi connectivity index (χ0) is 18.5. The summed E-state index contributed by atoms with van der Waals surface area (Å²) in [7, 11) is 0. The van der Waals surface area contributed by atoms with Gasteiger partial charge in [0, 0.05) is 22.2 Å². The van der Waals surface area contributed by atoms with Gasteiger partial charge >= 0.3 is 0 Å². The van der Waals surface area contributed by atoms with Gasteiger partial charge in [0.25, 0.3) is 5.56 Å². The molecule has 0 aliphatic carbocycles. The molecule has 0 saturated carbocycles. The van der Waals surface area contributed by atoms with Crippen LogP contribution in [-0.2, 0) is 4.79 Å². The minimum absolute atomic E-state index is 0.270. The van der Waals surface area contributed by atoms with Gasteiger partial charge < -0.3 is 5.32 Å². The molecule has 1 aromatic heterocycles. The van der Waals surface area contributed by atoms with E-state index < -0.39 is 6.04 Å². The van der Waals surface area contributed by atoms with E-state index in [2.05, 4.69) is 15.6 Å². The molecule has 3 aromatic rings. The smallest absolute Gasteiger partial charge is 0.278 e. The van der Waals surface area contributed by atoms with Crippen molar-refractivity contribution in [2.24, 2.45) is 0 Å². The van der Waals surface area contributed by atoms with Crippen LogP contribution in [0.2, 0.25) is 5.02 Å². The quantitative estimate of drug-likeness (QED) is 0.519. The highest BCUT2D eigenvalue weighted by Crippen LogP contribution is 2.19. The van der Waals surface area contributed by atoms with Crippen molar-refractivity contribution in [2.75, 3.05) is 12.3 Å². The van der Waals surface area contributed by atoms with Gasteiger partial charge in [-0.05, 0) is 43.3 Å². The molecule has 6 nitrogen and oxygen atoms in total. The molecule has 1 heterocycles. The highest BCUT2D eigenvalue weighted by molar-refractivity contribution is 7.99. The second-order valence-electron chi connectivity index (χ2n) is 5.63. The van der Waals surface area contributed by atoms with Crippen molar-refractivity contribution in [3.63, 3.8) is 0 Å². The number of halogens is 1. The minimum atomic E-state index is -0.736. The lowest BCUT2D eigenvalue weighted by atomic mass is 10.2. The van der Waals surface area contributed by atoms with Crippen LogP contribution in [0.4, 0.5) is 0 Å². The summed E-state index contributed by atoms with van der Waals surface area (Å²) in [6.07, 6.45) is 0. The van der Waals surface area contributed by atoms with E-state index in [0.29, 0.717) is 28.2 Å². The summed E-state index contributed by atoms with van der Waals surface area (Å²) in [4.78, 5) is 25.9. The largest absolute Gasteiger partial charge is 0.353 e.